The number of anilines is 1. The van der Waals surface area contributed by atoms with E-state index in [1.54, 1.807) is 41.9 Å². The van der Waals surface area contributed by atoms with Crippen molar-refractivity contribution in [1.29, 1.82) is 0 Å². The van der Waals surface area contributed by atoms with E-state index >= 15 is 0 Å². The third-order valence-corrected chi connectivity index (χ3v) is 6.86. The van der Waals surface area contributed by atoms with E-state index < -0.39 is 15.7 Å². The van der Waals surface area contributed by atoms with Crippen LogP contribution < -0.4 is 4.90 Å². The summed E-state index contributed by atoms with van der Waals surface area (Å²) >= 11 is 0. The lowest BCUT2D eigenvalue weighted by molar-refractivity contribution is -0.118. The zero-order valence-electron chi connectivity index (χ0n) is 16.9. The van der Waals surface area contributed by atoms with E-state index in [0.717, 1.165) is 5.69 Å². The number of benzene rings is 3. The molecule has 1 heterocycles. The first-order valence-electron chi connectivity index (χ1n) is 9.72. The van der Waals surface area contributed by atoms with Crippen molar-refractivity contribution in [2.75, 3.05) is 11.9 Å². The van der Waals surface area contributed by atoms with Gasteiger partial charge in [-0.15, -0.1) is 0 Å². The molecule has 0 radical (unpaired) electrons. The maximum absolute atomic E-state index is 13.5. The summed E-state index contributed by atoms with van der Waals surface area (Å²) in [6.45, 7) is -0.0125. The number of likely N-dealkylation sites (N-methyl/N-ethyl adjacent to an activating group) is 1. The first-order valence-corrected chi connectivity index (χ1v) is 11.4. The molecule has 4 aromatic rings. The Hall–Kier alpha value is -3.45. The van der Waals surface area contributed by atoms with Crippen molar-refractivity contribution < 1.29 is 17.6 Å². The van der Waals surface area contributed by atoms with Crippen molar-refractivity contribution in [1.82, 2.24) is 4.57 Å². The smallest absolute Gasteiger partial charge is 0.246 e. The summed E-state index contributed by atoms with van der Waals surface area (Å²) in [6.07, 6.45) is 1.50. The molecule has 3 aromatic carbocycles. The van der Waals surface area contributed by atoms with Gasteiger partial charge in [0, 0.05) is 29.8 Å². The van der Waals surface area contributed by atoms with Gasteiger partial charge in [-0.2, -0.15) is 0 Å². The van der Waals surface area contributed by atoms with Gasteiger partial charge in [0.05, 0.1) is 10.6 Å². The fourth-order valence-corrected chi connectivity index (χ4v) is 5.13. The molecule has 0 spiro atoms. The minimum absolute atomic E-state index is 0.0125. The van der Waals surface area contributed by atoms with E-state index in [0.29, 0.717) is 16.5 Å². The first kappa shape index (κ1) is 20.8. The van der Waals surface area contributed by atoms with Crippen molar-refractivity contribution in [3.8, 4) is 0 Å². The number of carbonyl (C=O) groups excluding carboxylic acids is 1. The second-order valence-corrected chi connectivity index (χ2v) is 9.27. The van der Waals surface area contributed by atoms with Crippen molar-refractivity contribution >= 4 is 32.3 Å². The molecule has 158 valence electrons. The molecule has 5 nitrogen and oxygen atoms in total. The summed E-state index contributed by atoms with van der Waals surface area (Å²) in [5.74, 6) is -0.984. The van der Waals surface area contributed by atoms with Crippen LogP contribution >= 0.6 is 0 Å². The van der Waals surface area contributed by atoms with Crippen molar-refractivity contribution in [2.24, 2.45) is 0 Å². The molecule has 0 aliphatic rings. The number of sulfone groups is 1. The van der Waals surface area contributed by atoms with E-state index in [-0.39, 0.29) is 23.1 Å². The number of carbonyl (C=O) groups is 1. The summed E-state index contributed by atoms with van der Waals surface area (Å²) in [5, 5.41) is 0.536. The molecule has 0 saturated carbocycles. The lowest BCUT2D eigenvalue weighted by atomic mass is 10.2. The van der Waals surface area contributed by atoms with E-state index in [1.165, 1.54) is 29.3 Å². The summed E-state index contributed by atoms with van der Waals surface area (Å²) in [7, 11) is -2.07. The molecule has 0 fully saturated rings. The Morgan fingerprint density at radius 3 is 2.42 bits per heavy atom. The number of fused-ring (bicyclic) bond motifs is 1. The Morgan fingerprint density at radius 2 is 1.68 bits per heavy atom. The summed E-state index contributed by atoms with van der Waals surface area (Å²) in [6, 6.07) is 21.9. The molecule has 7 heteroatoms. The van der Waals surface area contributed by atoms with Gasteiger partial charge in [0.25, 0.3) is 0 Å². The Morgan fingerprint density at radius 1 is 0.968 bits per heavy atom. The van der Waals surface area contributed by atoms with Gasteiger partial charge in [-0.05, 0) is 35.9 Å². The number of nitrogens with zero attached hydrogens (tertiary/aromatic N) is 2. The summed E-state index contributed by atoms with van der Waals surface area (Å²) < 4.78 is 41.5. The molecule has 0 unspecified atom stereocenters. The number of halogens is 1. The minimum atomic E-state index is -3.76. The first-order chi connectivity index (χ1) is 14.8. The van der Waals surface area contributed by atoms with Crippen molar-refractivity contribution in [2.45, 2.75) is 17.2 Å². The lowest BCUT2D eigenvalue weighted by Gasteiger charge is -2.18. The van der Waals surface area contributed by atoms with Crippen LogP contribution in [0.3, 0.4) is 0 Å². The van der Waals surface area contributed by atoms with Gasteiger partial charge >= 0.3 is 0 Å². The second-order valence-electron chi connectivity index (χ2n) is 7.32. The standard InChI is InChI=1S/C24H21FN2O3S/c1-26(20-10-3-2-4-11-20)24(28)16-27-15-23(21-12-5-6-13-22(21)27)31(29,30)17-18-8-7-9-19(25)14-18/h2-15H,16-17H2,1H3. The number of hydrogen-bond acceptors (Lipinski definition) is 3. The van der Waals surface area contributed by atoms with Crippen LogP contribution in [0.1, 0.15) is 5.56 Å². The van der Waals surface area contributed by atoms with E-state index in [2.05, 4.69) is 0 Å². The maximum Gasteiger partial charge on any atom is 0.246 e. The van der Waals surface area contributed by atoms with Crippen LogP contribution in [0.25, 0.3) is 10.9 Å². The number of rotatable bonds is 6. The highest BCUT2D eigenvalue weighted by molar-refractivity contribution is 7.90. The van der Waals surface area contributed by atoms with Crippen LogP contribution in [-0.2, 0) is 26.9 Å². The highest BCUT2D eigenvalue weighted by atomic mass is 32.2. The van der Waals surface area contributed by atoms with Crippen LogP contribution in [0, 0.1) is 5.82 Å². The molecule has 1 aromatic heterocycles. The zero-order chi connectivity index (χ0) is 22.0. The Kier molecular flexibility index (Phi) is 5.61. The number of aromatic nitrogens is 1. The van der Waals surface area contributed by atoms with Gasteiger partial charge in [-0.25, -0.2) is 12.8 Å². The lowest BCUT2D eigenvalue weighted by Crippen LogP contribution is -2.29. The Balaban J connectivity index is 1.68. The fraction of sp³-hybridized carbons (Fsp3) is 0.125. The van der Waals surface area contributed by atoms with Crippen molar-refractivity contribution in [3.05, 3.63) is 96.4 Å². The third-order valence-electron chi connectivity index (χ3n) is 5.16. The molecule has 1 amide bonds. The number of para-hydroxylation sites is 2. The predicted octanol–water partition coefficient (Wildman–Crippen LogP) is 4.42. The summed E-state index contributed by atoms with van der Waals surface area (Å²) in [4.78, 5) is 14.5. The third kappa shape index (κ3) is 4.36. The van der Waals surface area contributed by atoms with Crippen LogP contribution in [0.5, 0.6) is 0 Å². The quantitative estimate of drug-likeness (QED) is 0.450. The molecule has 4 rings (SSSR count). The summed E-state index contributed by atoms with van der Waals surface area (Å²) in [5.41, 5.74) is 1.77. The van der Waals surface area contributed by atoms with Gasteiger partial charge < -0.3 is 9.47 Å². The average Bonchev–Trinajstić information content (AvgIpc) is 3.13. The van der Waals surface area contributed by atoms with E-state index in [4.69, 9.17) is 0 Å². The molecule has 0 aliphatic heterocycles. The molecular formula is C24H21FN2O3S. The molecule has 0 saturated heterocycles. The second kappa shape index (κ2) is 8.35. The SMILES string of the molecule is CN(C(=O)Cn1cc(S(=O)(=O)Cc2cccc(F)c2)c2ccccc21)c1ccccc1. The van der Waals surface area contributed by atoms with Gasteiger partial charge in [0.2, 0.25) is 5.91 Å². The van der Waals surface area contributed by atoms with Crippen molar-refractivity contribution in [3.63, 3.8) is 0 Å². The molecule has 31 heavy (non-hydrogen) atoms. The van der Waals surface area contributed by atoms with E-state index in [9.17, 15) is 17.6 Å². The van der Waals surface area contributed by atoms with Crippen LogP contribution in [0.4, 0.5) is 10.1 Å². The average molecular weight is 437 g/mol. The molecule has 0 bridgehead atoms. The van der Waals surface area contributed by atoms with Gasteiger partial charge in [-0.1, -0.05) is 48.5 Å². The number of amides is 1. The fourth-order valence-electron chi connectivity index (χ4n) is 3.56. The molecule has 0 aliphatic carbocycles. The number of hydrogen-bond donors (Lipinski definition) is 0. The van der Waals surface area contributed by atoms with Crippen LogP contribution in [0.15, 0.2) is 90.0 Å². The Bertz CT molecular complexity index is 1350. The zero-order valence-corrected chi connectivity index (χ0v) is 17.7. The van der Waals surface area contributed by atoms with Gasteiger partial charge in [0.15, 0.2) is 9.84 Å². The van der Waals surface area contributed by atoms with Crippen LogP contribution in [0.2, 0.25) is 0 Å². The van der Waals surface area contributed by atoms with Gasteiger partial charge in [-0.3, -0.25) is 4.79 Å². The van der Waals surface area contributed by atoms with E-state index in [1.807, 2.05) is 30.3 Å². The Labute approximate surface area is 180 Å². The normalized spacial score (nSPS) is 11.5. The maximum atomic E-state index is 13.5. The highest BCUT2D eigenvalue weighted by Gasteiger charge is 2.23. The van der Waals surface area contributed by atoms with Crippen LogP contribution in [-0.4, -0.2) is 25.9 Å². The molecule has 0 N–H and O–H groups in total. The topological polar surface area (TPSA) is 59.4 Å². The highest BCUT2D eigenvalue weighted by Crippen LogP contribution is 2.28. The molecule has 0 atom stereocenters. The predicted molar refractivity (Wildman–Crippen MR) is 119 cm³/mol. The minimum Gasteiger partial charge on any atom is -0.337 e. The largest absolute Gasteiger partial charge is 0.337 e. The monoisotopic (exact) mass is 436 g/mol. The van der Waals surface area contributed by atoms with Gasteiger partial charge in [0.1, 0.15) is 12.4 Å². The molecular weight excluding hydrogens is 415 g/mol.